The molecule has 1 N–H and O–H groups in total. The maximum absolute atomic E-state index is 12.9. The Balaban J connectivity index is 1.64. The standard InChI is InChI=1S/C19H24N2O3S/c22-12-15-13-25-20-18(15)19(24)16-8-4-5-11-21(16)17(23)10-9-14-6-2-1-3-7-14/h1-3,6-7,12,15-16,18,20H,4-5,8-11,13H2/t15-,16?,18?/m1/s1. The van der Waals surface area contributed by atoms with Crippen LogP contribution < -0.4 is 4.72 Å². The molecule has 0 radical (unpaired) electrons. The first kappa shape index (κ1) is 18.1. The predicted octanol–water partition coefficient (Wildman–Crippen LogP) is 2.00. The zero-order valence-electron chi connectivity index (χ0n) is 14.2. The number of benzene rings is 1. The zero-order valence-corrected chi connectivity index (χ0v) is 15.0. The number of carbonyl (C=O) groups excluding carboxylic acids is 3. The molecule has 134 valence electrons. The summed E-state index contributed by atoms with van der Waals surface area (Å²) < 4.78 is 3.07. The van der Waals surface area contributed by atoms with Crippen LogP contribution >= 0.6 is 11.9 Å². The largest absolute Gasteiger partial charge is 0.333 e. The highest BCUT2D eigenvalue weighted by Crippen LogP contribution is 2.26. The Morgan fingerprint density at radius 3 is 2.80 bits per heavy atom. The minimum atomic E-state index is -0.463. The molecule has 25 heavy (non-hydrogen) atoms. The fourth-order valence-electron chi connectivity index (χ4n) is 3.58. The average Bonchev–Trinajstić information content (AvgIpc) is 3.15. The zero-order chi connectivity index (χ0) is 17.6. The number of ketones is 1. The van der Waals surface area contributed by atoms with Crippen molar-refractivity contribution >= 4 is 29.9 Å². The molecule has 6 heteroatoms. The lowest BCUT2D eigenvalue weighted by Gasteiger charge is -2.36. The van der Waals surface area contributed by atoms with E-state index in [1.165, 1.54) is 11.9 Å². The molecule has 2 heterocycles. The van der Waals surface area contributed by atoms with Crippen molar-refractivity contribution in [1.82, 2.24) is 9.62 Å². The van der Waals surface area contributed by atoms with Crippen LogP contribution in [0.15, 0.2) is 30.3 Å². The molecule has 0 aromatic heterocycles. The topological polar surface area (TPSA) is 66.5 Å². The van der Waals surface area contributed by atoms with Crippen LogP contribution in [0.1, 0.15) is 31.2 Å². The second-order valence-electron chi connectivity index (χ2n) is 6.69. The molecular formula is C19H24N2O3S. The number of aldehydes is 1. The fraction of sp³-hybridized carbons (Fsp3) is 0.526. The number of aryl methyl sites for hydroxylation is 1. The van der Waals surface area contributed by atoms with Crippen LogP contribution in [0.3, 0.4) is 0 Å². The van der Waals surface area contributed by atoms with Gasteiger partial charge in [0.15, 0.2) is 5.78 Å². The number of nitrogens with one attached hydrogen (secondary N) is 1. The van der Waals surface area contributed by atoms with E-state index in [1.807, 2.05) is 30.3 Å². The molecule has 0 saturated carbocycles. The minimum absolute atomic E-state index is 0.00476. The second-order valence-corrected chi connectivity index (χ2v) is 7.55. The van der Waals surface area contributed by atoms with Gasteiger partial charge < -0.3 is 9.69 Å². The van der Waals surface area contributed by atoms with E-state index in [4.69, 9.17) is 0 Å². The third-order valence-electron chi connectivity index (χ3n) is 5.02. The van der Waals surface area contributed by atoms with Crippen molar-refractivity contribution < 1.29 is 14.4 Å². The number of hydrogen-bond donors (Lipinski definition) is 1. The lowest BCUT2D eigenvalue weighted by Crippen LogP contribution is -2.53. The van der Waals surface area contributed by atoms with Crippen molar-refractivity contribution in [2.24, 2.45) is 5.92 Å². The molecule has 3 atom stereocenters. The Kier molecular flexibility index (Phi) is 6.26. The summed E-state index contributed by atoms with van der Waals surface area (Å²) in [5.74, 6) is 0.361. The van der Waals surface area contributed by atoms with Gasteiger partial charge in [0.1, 0.15) is 6.29 Å². The van der Waals surface area contributed by atoms with Crippen LogP contribution in [0.25, 0.3) is 0 Å². The third-order valence-corrected chi connectivity index (χ3v) is 5.99. The van der Waals surface area contributed by atoms with Gasteiger partial charge in [0.2, 0.25) is 5.91 Å². The Bertz CT molecular complexity index is 622. The minimum Gasteiger partial charge on any atom is -0.333 e. The average molecular weight is 360 g/mol. The van der Waals surface area contributed by atoms with E-state index in [0.717, 1.165) is 24.7 Å². The summed E-state index contributed by atoms with van der Waals surface area (Å²) in [4.78, 5) is 38.6. The number of amides is 1. The van der Waals surface area contributed by atoms with Gasteiger partial charge >= 0.3 is 0 Å². The SMILES string of the molecule is O=C[C@@H]1CSNC1C(=O)C1CCCCN1C(=O)CCc1ccccc1. The highest BCUT2D eigenvalue weighted by atomic mass is 32.2. The van der Waals surface area contributed by atoms with E-state index in [1.54, 1.807) is 4.90 Å². The van der Waals surface area contributed by atoms with Gasteiger partial charge in [-0.3, -0.25) is 14.3 Å². The quantitative estimate of drug-likeness (QED) is 0.621. The molecular weight excluding hydrogens is 336 g/mol. The van der Waals surface area contributed by atoms with Crippen LogP contribution in [0.5, 0.6) is 0 Å². The Hall–Kier alpha value is -1.66. The highest BCUT2D eigenvalue weighted by Gasteiger charge is 2.40. The van der Waals surface area contributed by atoms with E-state index in [2.05, 4.69) is 4.72 Å². The molecule has 1 amide bonds. The summed E-state index contributed by atoms with van der Waals surface area (Å²) in [6.45, 7) is 0.635. The fourth-order valence-corrected chi connectivity index (χ4v) is 4.61. The molecule has 1 aromatic rings. The van der Waals surface area contributed by atoms with Crippen molar-refractivity contribution in [3.8, 4) is 0 Å². The van der Waals surface area contributed by atoms with Crippen LogP contribution in [0, 0.1) is 5.92 Å². The van der Waals surface area contributed by atoms with Gasteiger partial charge in [-0.05, 0) is 31.2 Å². The molecule has 5 nitrogen and oxygen atoms in total. The van der Waals surface area contributed by atoms with Crippen LogP contribution in [0.2, 0.25) is 0 Å². The maximum atomic E-state index is 12.9. The number of piperidine rings is 1. The molecule has 2 fully saturated rings. The summed E-state index contributed by atoms with van der Waals surface area (Å²) >= 11 is 1.42. The number of carbonyl (C=O) groups is 3. The summed E-state index contributed by atoms with van der Waals surface area (Å²) in [6.07, 6.45) is 4.54. The first-order valence-electron chi connectivity index (χ1n) is 8.90. The molecule has 3 rings (SSSR count). The smallest absolute Gasteiger partial charge is 0.223 e. The van der Waals surface area contributed by atoms with Crippen LogP contribution in [-0.4, -0.2) is 47.3 Å². The normalized spacial score (nSPS) is 26.4. The molecule has 2 aliphatic heterocycles. The van der Waals surface area contributed by atoms with Crippen LogP contribution in [0.4, 0.5) is 0 Å². The third kappa shape index (κ3) is 4.30. The molecule has 0 bridgehead atoms. The maximum Gasteiger partial charge on any atom is 0.223 e. The van der Waals surface area contributed by atoms with Gasteiger partial charge in [0.25, 0.3) is 0 Å². The van der Waals surface area contributed by atoms with E-state index in [9.17, 15) is 14.4 Å². The Morgan fingerprint density at radius 2 is 2.04 bits per heavy atom. The molecule has 2 unspecified atom stereocenters. The number of Topliss-reactive ketones (excluding diaryl/α,β-unsaturated/α-hetero) is 1. The lowest BCUT2D eigenvalue weighted by molar-refractivity contribution is -0.142. The van der Waals surface area contributed by atoms with E-state index in [-0.39, 0.29) is 17.6 Å². The van der Waals surface area contributed by atoms with Crippen molar-refractivity contribution in [2.45, 2.75) is 44.2 Å². The first-order chi connectivity index (χ1) is 12.2. The van der Waals surface area contributed by atoms with E-state index in [0.29, 0.717) is 31.6 Å². The number of likely N-dealkylation sites (tertiary alicyclic amines) is 1. The Labute approximate surface area is 152 Å². The van der Waals surface area contributed by atoms with Crippen molar-refractivity contribution in [2.75, 3.05) is 12.3 Å². The van der Waals surface area contributed by atoms with Crippen molar-refractivity contribution in [3.05, 3.63) is 35.9 Å². The molecule has 0 spiro atoms. The van der Waals surface area contributed by atoms with Crippen molar-refractivity contribution in [1.29, 1.82) is 0 Å². The van der Waals surface area contributed by atoms with Gasteiger partial charge in [-0.2, -0.15) is 0 Å². The number of rotatable bonds is 6. The first-order valence-corrected chi connectivity index (χ1v) is 9.89. The number of nitrogens with zero attached hydrogens (tertiary/aromatic N) is 1. The van der Waals surface area contributed by atoms with Gasteiger partial charge in [-0.25, -0.2) is 0 Å². The summed E-state index contributed by atoms with van der Waals surface area (Å²) in [5, 5.41) is 0. The Morgan fingerprint density at radius 1 is 1.24 bits per heavy atom. The summed E-state index contributed by atoms with van der Waals surface area (Å²) in [6, 6.07) is 9.07. The number of hydrogen-bond acceptors (Lipinski definition) is 5. The second kappa shape index (κ2) is 8.63. The van der Waals surface area contributed by atoms with Gasteiger partial charge in [-0.15, -0.1) is 0 Å². The van der Waals surface area contributed by atoms with Gasteiger partial charge in [-0.1, -0.05) is 42.3 Å². The van der Waals surface area contributed by atoms with Gasteiger partial charge in [0.05, 0.1) is 12.1 Å². The van der Waals surface area contributed by atoms with E-state index >= 15 is 0 Å². The van der Waals surface area contributed by atoms with Crippen molar-refractivity contribution in [3.63, 3.8) is 0 Å². The van der Waals surface area contributed by atoms with Gasteiger partial charge in [0, 0.05) is 24.6 Å². The molecule has 2 aliphatic rings. The molecule has 1 aromatic carbocycles. The van der Waals surface area contributed by atoms with Crippen LogP contribution in [-0.2, 0) is 20.8 Å². The van der Waals surface area contributed by atoms with E-state index < -0.39 is 12.1 Å². The highest BCUT2D eigenvalue weighted by molar-refractivity contribution is 7.97. The molecule has 2 saturated heterocycles. The summed E-state index contributed by atoms with van der Waals surface area (Å²) in [7, 11) is 0. The predicted molar refractivity (Wildman–Crippen MR) is 98.1 cm³/mol. The monoisotopic (exact) mass is 360 g/mol. The lowest BCUT2D eigenvalue weighted by atomic mass is 9.89. The molecule has 0 aliphatic carbocycles. The summed E-state index contributed by atoms with van der Waals surface area (Å²) in [5.41, 5.74) is 1.13.